The van der Waals surface area contributed by atoms with Gasteiger partial charge in [-0.2, -0.15) is 0 Å². The summed E-state index contributed by atoms with van der Waals surface area (Å²) in [5.74, 6) is -0.0924. The van der Waals surface area contributed by atoms with Gasteiger partial charge in [-0.1, -0.05) is 17.3 Å². The van der Waals surface area contributed by atoms with Crippen LogP contribution >= 0.6 is 0 Å². The number of benzene rings is 1. The number of hydrogen-bond donors (Lipinski definition) is 1. The van der Waals surface area contributed by atoms with E-state index in [0.29, 0.717) is 22.8 Å². The molecule has 1 amide bonds. The first-order chi connectivity index (χ1) is 13.9. The lowest BCUT2D eigenvalue weighted by atomic mass is 9.95. The van der Waals surface area contributed by atoms with Gasteiger partial charge in [-0.3, -0.25) is 14.5 Å². The number of furan rings is 1. The van der Waals surface area contributed by atoms with E-state index in [1.165, 1.54) is 11.0 Å². The fourth-order valence-corrected chi connectivity index (χ4v) is 3.33. The average Bonchev–Trinajstić information content (AvgIpc) is 3.40. The number of ether oxygens (including phenoxy) is 1. The van der Waals surface area contributed by atoms with Crippen LogP contribution in [0.15, 0.2) is 62.7 Å². The quantitative estimate of drug-likeness (QED) is 0.658. The highest BCUT2D eigenvalue weighted by Crippen LogP contribution is 2.42. The molecule has 1 aromatic carbocycles. The molecule has 8 heteroatoms. The predicted octanol–water partition coefficient (Wildman–Crippen LogP) is 3.68. The fraction of sp³-hybridized carbons (Fsp3) is 0.190. The zero-order chi connectivity index (χ0) is 20.7. The molecule has 0 radical (unpaired) electrons. The van der Waals surface area contributed by atoms with Crippen LogP contribution in [0.3, 0.4) is 0 Å². The molecule has 0 saturated carbocycles. The molecular formula is C21H18N2O6. The molecule has 0 fully saturated rings. The van der Waals surface area contributed by atoms with Crippen molar-refractivity contribution in [3.63, 3.8) is 0 Å². The van der Waals surface area contributed by atoms with E-state index in [2.05, 4.69) is 5.16 Å². The van der Waals surface area contributed by atoms with Crippen molar-refractivity contribution in [3.8, 4) is 5.75 Å². The SMILES string of the molecule is COc1ccc([C@@H]2C(C(=O)c3ccc(C)o3)=C(O)C(=O)N2c2cc(C)on2)cc1. The molecule has 3 aromatic rings. The van der Waals surface area contributed by atoms with Crippen LogP contribution in [0.1, 0.15) is 33.7 Å². The molecule has 8 nitrogen and oxygen atoms in total. The van der Waals surface area contributed by atoms with Crippen molar-refractivity contribution < 1.29 is 28.4 Å². The predicted molar refractivity (Wildman–Crippen MR) is 102 cm³/mol. The maximum atomic E-state index is 13.1. The Kier molecular flexibility index (Phi) is 4.46. The third-order valence-electron chi connectivity index (χ3n) is 4.71. The Morgan fingerprint density at radius 1 is 1.14 bits per heavy atom. The summed E-state index contributed by atoms with van der Waals surface area (Å²) in [4.78, 5) is 27.3. The number of rotatable bonds is 5. The third-order valence-corrected chi connectivity index (χ3v) is 4.71. The highest BCUT2D eigenvalue weighted by Gasteiger charge is 2.46. The molecule has 1 aliphatic rings. The molecule has 1 atom stereocenters. The van der Waals surface area contributed by atoms with Gasteiger partial charge in [-0.15, -0.1) is 0 Å². The summed E-state index contributed by atoms with van der Waals surface area (Å²) in [6.45, 7) is 3.39. The van der Waals surface area contributed by atoms with E-state index in [0.717, 1.165) is 0 Å². The molecule has 0 spiro atoms. The van der Waals surface area contributed by atoms with Crippen molar-refractivity contribution in [1.29, 1.82) is 0 Å². The number of hydrogen-bond acceptors (Lipinski definition) is 7. The van der Waals surface area contributed by atoms with Crippen molar-refractivity contribution in [2.75, 3.05) is 12.0 Å². The van der Waals surface area contributed by atoms with Crippen LogP contribution in [0.5, 0.6) is 5.75 Å². The van der Waals surface area contributed by atoms with Crippen LogP contribution in [-0.4, -0.2) is 29.1 Å². The van der Waals surface area contributed by atoms with Crippen molar-refractivity contribution >= 4 is 17.5 Å². The second kappa shape index (κ2) is 6.97. The number of aliphatic hydroxyl groups is 1. The summed E-state index contributed by atoms with van der Waals surface area (Å²) < 4.78 is 15.7. The molecule has 0 unspecified atom stereocenters. The minimum atomic E-state index is -0.907. The van der Waals surface area contributed by atoms with Crippen LogP contribution in [0.4, 0.5) is 5.82 Å². The number of aliphatic hydroxyl groups excluding tert-OH is 1. The molecule has 2 aromatic heterocycles. The maximum Gasteiger partial charge on any atom is 0.295 e. The van der Waals surface area contributed by atoms with Crippen LogP contribution in [0.25, 0.3) is 0 Å². The van der Waals surface area contributed by atoms with E-state index in [1.807, 2.05) is 0 Å². The number of carbonyl (C=O) groups excluding carboxylic acids is 2. The lowest BCUT2D eigenvalue weighted by Crippen LogP contribution is -2.31. The van der Waals surface area contributed by atoms with E-state index in [4.69, 9.17) is 13.7 Å². The number of methoxy groups -OCH3 is 1. The number of ketones is 1. The van der Waals surface area contributed by atoms with E-state index in [-0.39, 0.29) is 17.2 Å². The average molecular weight is 394 g/mol. The van der Waals surface area contributed by atoms with E-state index < -0.39 is 23.5 Å². The lowest BCUT2D eigenvalue weighted by molar-refractivity contribution is -0.117. The Balaban J connectivity index is 1.86. The Bertz CT molecular complexity index is 1120. The van der Waals surface area contributed by atoms with Gasteiger partial charge in [-0.25, -0.2) is 0 Å². The van der Waals surface area contributed by atoms with Gasteiger partial charge in [0.15, 0.2) is 17.3 Å². The zero-order valence-corrected chi connectivity index (χ0v) is 16.0. The summed E-state index contributed by atoms with van der Waals surface area (Å²) in [7, 11) is 1.54. The van der Waals surface area contributed by atoms with Gasteiger partial charge in [0.1, 0.15) is 17.3 Å². The smallest absolute Gasteiger partial charge is 0.295 e. The topological polar surface area (TPSA) is 106 Å². The Hall–Kier alpha value is -3.81. The van der Waals surface area contributed by atoms with Gasteiger partial charge in [0.2, 0.25) is 5.78 Å². The molecular weight excluding hydrogens is 376 g/mol. The Morgan fingerprint density at radius 3 is 2.41 bits per heavy atom. The van der Waals surface area contributed by atoms with Crippen molar-refractivity contribution in [2.24, 2.45) is 0 Å². The molecule has 0 saturated heterocycles. The molecule has 3 heterocycles. The van der Waals surface area contributed by atoms with Crippen molar-refractivity contribution in [1.82, 2.24) is 5.16 Å². The number of Topliss-reactive ketones (excluding diaryl/α,β-unsaturated/α-hetero) is 1. The molecule has 1 N–H and O–H groups in total. The number of aryl methyl sites for hydroxylation is 2. The number of carbonyl (C=O) groups is 2. The van der Waals surface area contributed by atoms with Gasteiger partial charge in [-0.05, 0) is 43.7 Å². The first kappa shape index (κ1) is 18.5. The van der Waals surface area contributed by atoms with Crippen LogP contribution in [-0.2, 0) is 4.79 Å². The number of anilines is 1. The molecule has 148 valence electrons. The highest BCUT2D eigenvalue weighted by molar-refractivity contribution is 6.19. The Labute approximate surface area is 166 Å². The number of amides is 1. The summed E-state index contributed by atoms with van der Waals surface area (Å²) in [5.41, 5.74) is 0.505. The summed E-state index contributed by atoms with van der Waals surface area (Å²) in [6, 6.07) is 10.7. The second-order valence-corrected chi connectivity index (χ2v) is 6.65. The first-order valence-corrected chi connectivity index (χ1v) is 8.85. The molecule has 0 bridgehead atoms. The van der Waals surface area contributed by atoms with Gasteiger partial charge in [0.05, 0.1) is 18.7 Å². The fourth-order valence-electron chi connectivity index (χ4n) is 3.33. The summed E-state index contributed by atoms with van der Waals surface area (Å²) >= 11 is 0. The zero-order valence-electron chi connectivity index (χ0n) is 16.0. The van der Waals surface area contributed by atoms with Crippen LogP contribution in [0, 0.1) is 13.8 Å². The van der Waals surface area contributed by atoms with E-state index >= 15 is 0 Å². The normalized spacial score (nSPS) is 16.6. The van der Waals surface area contributed by atoms with Gasteiger partial charge < -0.3 is 18.8 Å². The minimum absolute atomic E-state index is 0.0357. The molecule has 1 aliphatic heterocycles. The second-order valence-electron chi connectivity index (χ2n) is 6.65. The monoisotopic (exact) mass is 394 g/mol. The number of aromatic nitrogens is 1. The van der Waals surface area contributed by atoms with Crippen molar-refractivity contribution in [3.05, 3.63) is 76.6 Å². The van der Waals surface area contributed by atoms with E-state index in [9.17, 15) is 14.7 Å². The maximum absolute atomic E-state index is 13.1. The molecule has 0 aliphatic carbocycles. The van der Waals surface area contributed by atoms with E-state index in [1.54, 1.807) is 57.4 Å². The largest absolute Gasteiger partial charge is 0.503 e. The van der Waals surface area contributed by atoms with Gasteiger partial charge in [0, 0.05) is 6.07 Å². The number of nitrogens with zero attached hydrogens (tertiary/aromatic N) is 2. The lowest BCUT2D eigenvalue weighted by Gasteiger charge is -2.24. The minimum Gasteiger partial charge on any atom is -0.503 e. The standard InChI is InChI=1S/C21H18N2O6/c1-11-4-9-15(28-11)19(24)17-18(13-5-7-14(27-3)8-6-13)23(21(26)20(17)25)16-10-12(2)29-22-16/h4-10,18,25H,1-3H3/t18-/m1/s1. The highest BCUT2D eigenvalue weighted by atomic mass is 16.5. The van der Waals surface area contributed by atoms with Gasteiger partial charge >= 0.3 is 0 Å². The molecule has 4 rings (SSSR count). The van der Waals surface area contributed by atoms with Crippen LogP contribution in [0.2, 0.25) is 0 Å². The van der Waals surface area contributed by atoms with Gasteiger partial charge in [0.25, 0.3) is 5.91 Å². The summed E-state index contributed by atoms with van der Waals surface area (Å²) in [5, 5.41) is 14.5. The first-order valence-electron chi connectivity index (χ1n) is 8.85. The van der Waals surface area contributed by atoms with Crippen LogP contribution < -0.4 is 9.64 Å². The molecule has 29 heavy (non-hydrogen) atoms. The summed E-state index contributed by atoms with van der Waals surface area (Å²) in [6.07, 6.45) is 0. The van der Waals surface area contributed by atoms with Crippen molar-refractivity contribution in [2.45, 2.75) is 19.9 Å². The Morgan fingerprint density at radius 2 is 1.86 bits per heavy atom. The third kappa shape index (κ3) is 3.08.